The molecule has 0 unspecified atom stereocenters. The zero-order valence-corrected chi connectivity index (χ0v) is 14.4. The molecule has 0 fully saturated rings. The van der Waals surface area contributed by atoms with Crippen LogP contribution in [0.4, 0.5) is 5.69 Å². The number of nitrogens with two attached hydrogens (primary N) is 1. The third kappa shape index (κ3) is 3.14. The highest BCUT2D eigenvalue weighted by Gasteiger charge is 2.26. The van der Waals surface area contributed by atoms with Gasteiger partial charge >= 0.3 is 0 Å². The normalized spacial score (nSPS) is 11.7. The number of benzene rings is 1. The smallest absolute Gasteiger partial charge is 0.265 e. The maximum Gasteiger partial charge on any atom is 0.265 e. The molecule has 1 aromatic carbocycles. The largest absolute Gasteiger partial charge is 0.465 e. The molecule has 1 aromatic heterocycles. The highest BCUT2D eigenvalue weighted by Crippen LogP contribution is 2.30. The molecule has 7 heteroatoms. The second-order valence-corrected chi connectivity index (χ2v) is 7.29. The summed E-state index contributed by atoms with van der Waals surface area (Å²) in [5.41, 5.74) is 7.65. The van der Waals surface area contributed by atoms with E-state index in [0.717, 1.165) is 5.56 Å². The van der Waals surface area contributed by atoms with Gasteiger partial charge in [-0.25, -0.2) is 8.42 Å². The molecule has 1 heterocycles. The van der Waals surface area contributed by atoms with Crippen molar-refractivity contribution >= 4 is 31.6 Å². The molecule has 2 rings (SSSR count). The van der Waals surface area contributed by atoms with Crippen LogP contribution in [0.2, 0.25) is 0 Å². The number of hydrogen-bond donors (Lipinski definition) is 2. The van der Waals surface area contributed by atoms with Gasteiger partial charge in [0, 0.05) is 16.6 Å². The SMILES string of the molecule is Cc1ccc(NS(=O)(=O)c2c(C)oc(C)c2CN)c(Br)c1. The highest BCUT2D eigenvalue weighted by atomic mass is 79.9. The van der Waals surface area contributed by atoms with Crippen molar-refractivity contribution in [3.8, 4) is 0 Å². The van der Waals surface area contributed by atoms with E-state index in [1.54, 1.807) is 19.9 Å². The second-order valence-electron chi connectivity index (χ2n) is 4.82. The van der Waals surface area contributed by atoms with Crippen LogP contribution in [0.15, 0.2) is 32.0 Å². The van der Waals surface area contributed by atoms with E-state index >= 15 is 0 Å². The molecule has 0 atom stereocenters. The van der Waals surface area contributed by atoms with Gasteiger partial charge in [-0.1, -0.05) is 6.07 Å². The number of furan rings is 1. The summed E-state index contributed by atoms with van der Waals surface area (Å²) in [5.74, 6) is 0.863. The second kappa shape index (κ2) is 5.82. The lowest BCUT2D eigenvalue weighted by atomic mass is 10.2. The molecule has 0 amide bonds. The third-order valence-electron chi connectivity index (χ3n) is 3.17. The van der Waals surface area contributed by atoms with Gasteiger partial charge in [0.1, 0.15) is 16.4 Å². The Balaban J connectivity index is 2.48. The van der Waals surface area contributed by atoms with E-state index in [2.05, 4.69) is 20.7 Å². The molecule has 0 bridgehead atoms. The van der Waals surface area contributed by atoms with Crippen LogP contribution in [0.1, 0.15) is 22.6 Å². The van der Waals surface area contributed by atoms with Crippen LogP contribution in [-0.2, 0) is 16.6 Å². The van der Waals surface area contributed by atoms with Crippen LogP contribution in [0.25, 0.3) is 0 Å². The number of hydrogen-bond acceptors (Lipinski definition) is 4. The lowest BCUT2D eigenvalue weighted by molar-refractivity contribution is 0.494. The van der Waals surface area contributed by atoms with E-state index in [9.17, 15) is 8.42 Å². The number of anilines is 1. The minimum atomic E-state index is -3.76. The molecule has 21 heavy (non-hydrogen) atoms. The lowest BCUT2D eigenvalue weighted by Gasteiger charge is -2.11. The minimum Gasteiger partial charge on any atom is -0.465 e. The third-order valence-corrected chi connectivity index (χ3v) is 5.38. The van der Waals surface area contributed by atoms with E-state index in [1.165, 1.54) is 0 Å². The molecule has 5 nitrogen and oxygen atoms in total. The van der Waals surface area contributed by atoms with Gasteiger partial charge in [0.15, 0.2) is 0 Å². The van der Waals surface area contributed by atoms with Crippen molar-refractivity contribution in [2.75, 3.05) is 4.72 Å². The van der Waals surface area contributed by atoms with E-state index in [0.29, 0.717) is 27.2 Å². The summed E-state index contributed by atoms with van der Waals surface area (Å²) in [6.07, 6.45) is 0. The Morgan fingerprint density at radius 1 is 1.24 bits per heavy atom. The molecule has 0 saturated carbocycles. The maximum absolute atomic E-state index is 12.6. The first-order valence-corrected chi connectivity index (χ1v) is 8.61. The van der Waals surface area contributed by atoms with Crippen molar-refractivity contribution in [2.24, 2.45) is 5.73 Å². The number of rotatable bonds is 4. The molecule has 0 aliphatic rings. The van der Waals surface area contributed by atoms with Gasteiger partial charge < -0.3 is 10.2 Å². The van der Waals surface area contributed by atoms with Crippen LogP contribution < -0.4 is 10.5 Å². The Kier molecular flexibility index (Phi) is 4.46. The van der Waals surface area contributed by atoms with Gasteiger partial charge in [-0.2, -0.15) is 0 Å². The monoisotopic (exact) mass is 372 g/mol. The Hall–Kier alpha value is -1.31. The topological polar surface area (TPSA) is 85.3 Å². The van der Waals surface area contributed by atoms with Crippen molar-refractivity contribution in [3.63, 3.8) is 0 Å². The fourth-order valence-electron chi connectivity index (χ4n) is 2.20. The first-order valence-electron chi connectivity index (χ1n) is 6.34. The minimum absolute atomic E-state index is 0.106. The fourth-order valence-corrected chi connectivity index (χ4v) is 4.46. The molecule has 0 aliphatic heterocycles. The summed E-state index contributed by atoms with van der Waals surface area (Å²) in [5, 5.41) is 0. The van der Waals surface area contributed by atoms with Crippen molar-refractivity contribution in [2.45, 2.75) is 32.2 Å². The summed E-state index contributed by atoms with van der Waals surface area (Å²) < 4.78 is 33.9. The molecule has 3 N–H and O–H groups in total. The zero-order chi connectivity index (χ0) is 15.8. The van der Waals surface area contributed by atoms with Crippen LogP contribution in [0.3, 0.4) is 0 Å². The number of halogens is 1. The van der Waals surface area contributed by atoms with Gasteiger partial charge in [-0.3, -0.25) is 4.72 Å². The fraction of sp³-hybridized carbons (Fsp3) is 0.286. The van der Waals surface area contributed by atoms with E-state index in [-0.39, 0.29) is 11.4 Å². The summed E-state index contributed by atoms with van der Waals surface area (Å²) in [7, 11) is -3.76. The molecule has 0 spiro atoms. The van der Waals surface area contributed by atoms with Crippen LogP contribution in [0, 0.1) is 20.8 Å². The van der Waals surface area contributed by atoms with E-state index < -0.39 is 10.0 Å². The van der Waals surface area contributed by atoms with Crippen LogP contribution in [0.5, 0.6) is 0 Å². The van der Waals surface area contributed by atoms with Gasteiger partial charge in [0.05, 0.1) is 5.69 Å². The Labute approximate surface area is 132 Å². The Bertz CT molecular complexity index is 782. The predicted octanol–water partition coefficient (Wildman–Crippen LogP) is 3.23. The standard InChI is InChI=1S/C14H17BrN2O3S/c1-8-4-5-13(12(15)6-8)17-21(18,19)14-10(3)20-9(2)11(14)7-16/h4-6,17H,7,16H2,1-3H3. The quantitative estimate of drug-likeness (QED) is 0.862. The number of sulfonamides is 1. The molecule has 2 aromatic rings. The number of nitrogens with one attached hydrogen (secondary N) is 1. The average Bonchev–Trinajstić information content (AvgIpc) is 2.67. The summed E-state index contributed by atoms with van der Waals surface area (Å²) in [6.45, 7) is 5.36. The lowest BCUT2D eigenvalue weighted by Crippen LogP contribution is -2.16. The summed E-state index contributed by atoms with van der Waals surface area (Å²) in [6, 6.07) is 5.39. The molecule has 114 valence electrons. The maximum atomic E-state index is 12.6. The van der Waals surface area contributed by atoms with E-state index in [4.69, 9.17) is 10.2 Å². The van der Waals surface area contributed by atoms with Crippen molar-refractivity contribution in [3.05, 3.63) is 45.3 Å². The van der Waals surface area contributed by atoms with Gasteiger partial charge in [-0.05, 0) is 54.4 Å². The Morgan fingerprint density at radius 2 is 1.90 bits per heavy atom. The van der Waals surface area contributed by atoms with Crippen LogP contribution >= 0.6 is 15.9 Å². The predicted molar refractivity (Wildman–Crippen MR) is 85.8 cm³/mol. The van der Waals surface area contributed by atoms with Crippen molar-refractivity contribution in [1.29, 1.82) is 0 Å². The highest BCUT2D eigenvalue weighted by molar-refractivity contribution is 9.10. The van der Waals surface area contributed by atoms with Gasteiger partial charge in [-0.15, -0.1) is 0 Å². The zero-order valence-electron chi connectivity index (χ0n) is 12.0. The van der Waals surface area contributed by atoms with Crippen LogP contribution in [-0.4, -0.2) is 8.42 Å². The van der Waals surface area contributed by atoms with Crippen molar-refractivity contribution in [1.82, 2.24) is 0 Å². The summed E-state index contributed by atoms with van der Waals surface area (Å²) in [4.78, 5) is 0.120. The number of aryl methyl sites for hydroxylation is 3. The molecular weight excluding hydrogens is 356 g/mol. The summed E-state index contributed by atoms with van der Waals surface area (Å²) >= 11 is 3.36. The van der Waals surface area contributed by atoms with Gasteiger partial charge in [0.25, 0.3) is 10.0 Å². The molecule has 0 saturated heterocycles. The first kappa shape index (κ1) is 16.1. The van der Waals surface area contributed by atoms with Crippen molar-refractivity contribution < 1.29 is 12.8 Å². The molecule has 0 radical (unpaired) electrons. The molecule has 0 aliphatic carbocycles. The van der Waals surface area contributed by atoms with Gasteiger partial charge in [0.2, 0.25) is 0 Å². The first-order chi connectivity index (χ1) is 9.76. The average molecular weight is 373 g/mol. The van der Waals surface area contributed by atoms with E-state index in [1.807, 2.05) is 19.1 Å². The Morgan fingerprint density at radius 3 is 2.48 bits per heavy atom. The molecular formula is C14H17BrN2O3S.